The number of amides is 1. The maximum Gasteiger partial charge on any atom is 0.326 e. The van der Waals surface area contributed by atoms with Crippen molar-refractivity contribution in [1.29, 1.82) is 0 Å². The fraction of sp³-hybridized carbons (Fsp3) is 0.400. The average molecular weight is 293 g/mol. The largest absolute Gasteiger partial charge is 0.480 e. The van der Waals surface area contributed by atoms with Crippen LogP contribution in [0.25, 0.3) is 0 Å². The van der Waals surface area contributed by atoms with Gasteiger partial charge < -0.3 is 15.2 Å². The van der Waals surface area contributed by atoms with Gasteiger partial charge in [-0.25, -0.2) is 4.79 Å². The maximum atomic E-state index is 12.1. The van der Waals surface area contributed by atoms with Gasteiger partial charge >= 0.3 is 11.9 Å². The minimum Gasteiger partial charge on any atom is -0.480 e. The molecule has 0 fully saturated rings. The number of carbonyl (C=O) groups is 3. The lowest BCUT2D eigenvalue weighted by atomic mass is 9.99. The van der Waals surface area contributed by atoms with Gasteiger partial charge in [0.2, 0.25) is 0 Å². The predicted molar refractivity (Wildman–Crippen MR) is 76.1 cm³/mol. The van der Waals surface area contributed by atoms with E-state index in [0.717, 1.165) is 0 Å². The minimum absolute atomic E-state index is 0.192. The summed E-state index contributed by atoms with van der Waals surface area (Å²) in [5.74, 6) is -2.03. The average Bonchev–Trinajstić information content (AvgIpc) is 2.42. The second-order valence-electron chi connectivity index (χ2n) is 4.80. The van der Waals surface area contributed by atoms with E-state index in [1.165, 1.54) is 19.1 Å². The van der Waals surface area contributed by atoms with Crippen LogP contribution in [0, 0.1) is 5.92 Å². The summed E-state index contributed by atoms with van der Waals surface area (Å²) in [4.78, 5) is 34.2. The SMILES string of the molecule is CC[C@H](C)[C@@H](NC(=O)c1cccc(OC(C)=O)c1)C(=O)O. The molecule has 1 aromatic rings. The molecule has 0 saturated carbocycles. The molecule has 2 atom stereocenters. The molecule has 0 radical (unpaired) electrons. The van der Waals surface area contributed by atoms with E-state index in [9.17, 15) is 14.4 Å². The summed E-state index contributed by atoms with van der Waals surface area (Å²) in [7, 11) is 0. The van der Waals surface area contributed by atoms with Gasteiger partial charge in [0.1, 0.15) is 11.8 Å². The van der Waals surface area contributed by atoms with Crippen LogP contribution in [0.1, 0.15) is 37.6 Å². The van der Waals surface area contributed by atoms with Crippen molar-refractivity contribution >= 4 is 17.8 Å². The van der Waals surface area contributed by atoms with Crippen molar-refractivity contribution in [3.05, 3.63) is 29.8 Å². The number of carbonyl (C=O) groups excluding carboxylic acids is 2. The molecule has 21 heavy (non-hydrogen) atoms. The zero-order chi connectivity index (χ0) is 16.0. The standard InChI is InChI=1S/C15H19NO5/c1-4-9(2)13(15(19)20)16-14(18)11-6-5-7-12(8-11)21-10(3)17/h5-9,13H,4H2,1-3H3,(H,16,18)(H,19,20)/t9-,13+/m0/s1. The van der Waals surface area contributed by atoms with Crippen molar-refractivity contribution < 1.29 is 24.2 Å². The zero-order valence-corrected chi connectivity index (χ0v) is 12.3. The van der Waals surface area contributed by atoms with E-state index >= 15 is 0 Å². The van der Waals surface area contributed by atoms with E-state index in [2.05, 4.69) is 5.32 Å². The van der Waals surface area contributed by atoms with E-state index in [0.29, 0.717) is 6.42 Å². The number of aliphatic carboxylic acids is 1. The molecular formula is C15H19NO5. The fourth-order valence-corrected chi connectivity index (χ4v) is 1.77. The summed E-state index contributed by atoms with van der Waals surface area (Å²) in [6.45, 7) is 4.87. The Morgan fingerprint density at radius 1 is 1.33 bits per heavy atom. The first-order valence-corrected chi connectivity index (χ1v) is 6.67. The Morgan fingerprint density at radius 3 is 2.52 bits per heavy atom. The summed E-state index contributed by atoms with van der Waals surface area (Å²) in [5, 5.41) is 11.6. The molecule has 0 aliphatic rings. The number of ether oxygens (including phenoxy) is 1. The molecule has 6 nitrogen and oxygen atoms in total. The first-order chi connectivity index (χ1) is 9.85. The molecule has 0 aliphatic heterocycles. The van der Waals surface area contributed by atoms with Gasteiger partial charge in [0.05, 0.1) is 0 Å². The summed E-state index contributed by atoms with van der Waals surface area (Å²) < 4.78 is 4.89. The van der Waals surface area contributed by atoms with Crippen molar-refractivity contribution in [2.75, 3.05) is 0 Å². The summed E-state index contributed by atoms with van der Waals surface area (Å²) in [6, 6.07) is 5.07. The van der Waals surface area contributed by atoms with Gasteiger partial charge in [-0.1, -0.05) is 26.3 Å². The Hall–Kier alpha value is -2.37. The number of hydrogen-bond donors (Lipinski definition) is 2. The Morgan fingerprint density at radius 2 is 2.00 bits per heavy atom. The number of rotatable bonds is 6. The highest BCUT2D eigenvalue weighted by Gasteiger charge is 2.25. The zero-order valence-electron chi connectivity index (χ0n) is 12.3. The quantitative estimate of drug-likeness (QED) is 0.616. The van der Waals surface area contributed by atoms with Crippen LogP contribution < -0.4 is 10.1 Å². The molecule has 0 heterocycles. The third kappa shape index (κ3) is 4.91. The van der Waals surface area contributed by atoms with E-state index in [1.54, 1.807) is 19.1 Å². The van der Waals surface area contributed by atoms with E-state index in [4.69, 9.17) is 9.84 Å². The smallest absolute Gasteiger partial charge is 0.326 e. The van der Waals surface area contributed by atoms with Crippen molar-refractivity contribution in [1.82, 2.24) is 5.32 Å². The van der Waals surface area contributed by atoms with Gasteiger partial charge in [-0.2, -0.15) is 0 Å². The molecule has 1 amide bonds. The second-order valence-corrected chi connectivity index (χ2v) is 4.80. The number of benzene rings is 1. The lowest BCUT2D eigenvalue weighted by Gasteiger charge is -2.20. The van der Waals surface area contributed by atoms with Gasteiger partial charge in [0.15, 0.2) is 0 Å². The minimum atomic E-state index is -1.08. The van der Waals surface area contributed by atoms with Gasteiger partial charge in [-0.3, -0.25) is 9.59 Å². The number of nitrogens with one attached hydrogen (secondary N) is 1. The first kappa shape index (κ1) is 16.7. The topological polar surface area (TPSA) is 92.7 Å². The maximum absolute atomic E-state index is 12.1. The van der Waals surface area contributed by atoms with Crippen LogP contribution in [0.2, 0.25) is 0 Å². The molecule has 0 aromatic heterocycles. The van der Waals surface area contributed by atoms with Crippen LogP contribution in [0.4, 0.5) is 0 Å². The molecule has 0 unspecified atom stereocenters. The molecule has 0 bridgehead atoms. The van der Waals surface area contributed by atoms with E-state index in [-0.39, 0.29) is 17.2 Å². The van der Waals surface area contributed by atoms with Crippen LogP contribution in [0.5, 0.6) is 5.75 Å². The van der Waals surface area contributed by atoms with Gasteiger partial charge in [0, 0.05) is 12.5 Å². The van der Waals surface area contributed by atoms with Crippen LogP contribution in [-0.2, 0) is 9.59 Å². The third-order valence-electron chi connectivity index (χ3n) is 3.12. The molecule has 0 saturated heterocycles. The van der Waals surface area contributed by atoms with E-state index in [1.807, 2.05) is 6.92 Å². The Balaban J connectivity index is 2.87. The molecule has 0 spiro atoms. The highest BCUT2D eigenvalue weighted by atomic mass is 16.5. The predicted octanol–water partition coefficient (Wildman–Crippen LogP) is 1.84. The monoisotopic (exact) mass is 293 g/mol. The summed E-state index contributed by atoms with van der Waals surface area (Å²) >= 11 is 0. The van der Waals surface area contributed by atoms with Crippen molar-refractivity contribution in [3.63, 3.8) is 0 Å². The van der Waals surface area contributed by atoms with Gasteiger partial charge in [0.25, 0.3) is 5.91 Å². The Labute approximate surface area is 123 Å². The second kappa shape index (κ2) is 7.42. The highest BCUT2D eigenvalue weighted by Crippen LogP contribution is 2.15. The third-order valence-corrected chi connectivity index (χ3v) is 3.12. The van der Waals surface area contributed by atoms with E-state index < -0.39 is 23.9 Å². The molecule has 1 rings (SSSR count). The van der Waals surface area contributed by atoms with Crippen LogP contribution >= 0.6 is 0 Å². The first-order valence-electron chi connectivity index (χ1n) is 6.67. The fourth-order valence-electron chi connectivity index (χ4n) is 1.77. The normalized spacial score (nSPS) is 13.1. The highest BCUT2D eigenvalue weighted by molar-refractivity contribution is 5.97. The molecular weight excluding hydrogens is 274 g/mol. The Bertz CT molecular complexity index is 541. The molecule has 6 heteroatoms. The van der Waals surface area contributed by atoms with Gasteiger partial charge in [-0.15, -0.1) is 0 Å². The van der Waals surface area contributed by atoms with Crippen LogP contribution in [0.3, 0.4) is 0 Å². The van der Waals surface area contributed by atoms with Crippen molar-refractivity contribution in [2.24, 2.45) is 5.92 Å². The Kier molecular flexibility index (Phi) is 5.90. The summed E-state index contributed by atoms with van der Waals surface area (Å²) in [5.41, 5.74) is 0.239. The molecule has 0 aliphatic carbocycles. The summed E-state index contributed by atoms with van der Waals surface area (Å²) in [6.07, 6.45) is 0.630. The number of hydrogen-bond acceptors (Lipinski definition) is 4. The van der Waals surface area contributed by atoms with Crippen LogP contribution in [0.15, 0.2) is 24.3 Å². The lowest BCUT2D eigenvalue weighted by Crippen LogP contribution is -2.45. The van der Waals surface area contributed by atoms with Crippen molar-refractivity contribution in [2.45, 2.75) is 33.2 Å². The van der Waals surface area contributed by atoms with Gasteiger partial charge in [-0.05, 0) is 24.1 Å². The lowest BCUT2D eigenvalue weighted by molar-refractivity contribution is -0.140. The molecule has 2 N–H and O–H groups in total. The number of carboxylic acid groups (broad SMARTS) is 1. The molecule has 114 valence electrons. The number of esters is 1. The number of carboxylic acids is 1. The van der Waals surface area contributed by atoms with Crippen molar-refractivity contribution in [3.8, 4) is 5.75 Å². The van der Waals surface area contributed by atoms with Crippen LogP contribution in [-0.4, -0.2) is 29.0 Å². The molecule has 1 aromatic carbocycles.